The van der Waals surface area contributed by atoms with Gasteiger partial charge in [0, 0.05) is 0 Å². The van der Waals surface area contributed by atoms with E-state index >= 15 is 0 Å². The highest BCUT2D eigenvalue weighted by Gasteiger charge is 2.11. The minimum absolute atomic E-state index is 0.209. The van der Waals surface area contributed by atoms with E-state index in [0.29, 0.717) is 0 Å². The van der Waals surface area contributed by atoms with Gasteiger partial charge in [-0.05, 0) is 6.92 Å². The monoisotopic (exact) mass is 174 g/mol. The van der Waals surface area contributed by atoms with Crippen molar-refractivity contribution in [2.45, 2.75) is 13.0 Å². The average Bonchev–Trinajstić information content (AvgIpc) is 1.86. The molecule has 11 heavy (non-hydrogen) atoms. The van der Waals surface area contributed by atoms with E-state index < -0.39 is 16.2 Å². The fraction of sp³-hybridized carbons (Fsp3) is 0.429. The maximum absolute atomic E-state index is 10.8. The minimum Gasteiger partial charge on any atom is -0.254 e. The van der Waals surface area contributed by atoms with E-state index in [1.165, 1.54) is 13.0 Å². The second-order valence-corrected chi connectivity index (χ2v) is 3.56. The van der Waals surface area contributed by atoms with E-state index in [1.807, 2.05) is 0 Å². The summed E-state index contributed by atoms with van der Waals surface area (Å²) in [6.45, 7) is 4.75. The Bertz CT molecular complexity index is 258. The third kappa shape index (κ3) is 4.59. The zero-order valence-corrected chi connectivity index (χ0v) is 7.10. The molecule has 0 heterocycles. The van der Waals surface area contributed by atoms with Gasteiger partial charge in [-0.15, -0.1) is 13.0 Å². The van der Waals surface area contributed by atoms with Crippen LogP contribution in [0.2, 0.25) is 0 Å². The quantitative estimate of drug-likeness (QED) is 0.355. The SMILES string of the molecule is C#CC(C)OS(=O)(=O)CC=C. The molecule has 0 aromatic heterocycles. The molecule has 0 aliphatic rings. The standard InChI is InChI=1S/C7H10O3S/c1-4-6-11(8,9)10-7(3)5-2/h2,4,7H,1,6H2,3H3. The molecule has 62 valence electrons. The first kappa shape index (κ1) is 10.2. The predicted molar refractivity (Wildman–Crippen MR) is 43.4 cm³/mol. The maximum atomic E-state index is 10.8. The Morgan fingerprint density at radius 3 is 2.73 bits per heavy atom. The summed E-state index contributed by atoms with van der Waals surface area (Å²) in [5.74, 6) is 1.93. The van der Waals surface area contributed by atoms with Crippen molar-refractivity contribution in [3.63, 3.8) is 0 Å². The van der Waals surface area contributed by atoms with E-state index in [2.05, 4.69) is 16.7 Å². The van der Waals surface area contributed by atoms with Crippen molar-refractivity contribution < 1.29 is 12.6 Å². The van der Waals surface area contributed by atoms with Gasteiger partial charge in [-0.1, -0.05) is 12.0 Å². The molecule has 0 spiro atoms. The van der Waals surface area contributed by atoms with Gasteiger partial charge in [0.15, 0.2) is 0 Å². The zero-order chi connectivity index (χ0) is 8.91. The van der Waals surface area contributed by atoms with E-state index in [4.69, 9.17) is 6.42 Å². The summed E-state index contributed by atoms with van der Waals surface area (Å²) in [7, 11) is -3.50. The lowest BCUT2D eigenvalue weighted by Gasteiger charge is -2.04. The van der Waals surface area contributed by atoms with Crippen LogP contribution in [0.5, 0.6) is 0 Å². The smallest absolute Gasteiger partial charge is 0.254 e. The van der Waals surface area contributed by atoms with Crippen molar-refractivity contribution in [2.24, 2.45) is 0 Å². The molecule has 0 aliphatic heterocycles. The number of terminal acetylenes is 1. The van der Waals surface area contributed by atoms with Crippen molar-refractivity contribution in [3.05, 3.63) is 12.7 Å². The van der Waals surface area contributed by atoms with Crippen molar-refractivity contribution in [1.29, 1.82) is 0 Å². The lowest BCUT2D eigenvalue weighted by molar-refractivity contribution is 0.285. The van der Waals surface area contributed by atoms with Crippen molar-refractivity contribution in [3.8, 4) is 12.3 Å². The third-order valence-electron chi connectivity index (χ3n) is 0.848. The lowest BCUT2D eigenvalue weighted by atomic mass is 10.4. The summed E-state index contributed by atoms with van der Waals surface area (Å²) < 4.78 is 26.1. The number of hydrogen-bond acceptors (Lipinski definition) is 3. The lowest BCUT2D eigenvalue weighted by Crippen LogP contribution is -2.15. The number of rotatable bonds is 4. The number of hydrogen-bond donors (Lipinski definition) is 0. The topological polar surface area (TPSA) is 43.4 Å². The zero-order valence-electron chi connectivity index (χ0n) is 6.28. The summed E-state index contributed by atoms with van der Waals surface area (Å²) >= 11 is 0. The molecule has 0 amide bonds. The Morgan fingerprint density at radius 2 is 2.36 bits per heavy atom. The molecule has 0 N–H and O–H groups in total. The highest BCUT2D eigenvalue weighted by molar-refractivity contribution is 7.86. The molecule has 0 saturated carbocycles. The first-order chi connectivity index (χ1) is 5.02. The van der Waals surface area contributed by atoms with E-state index in [9.17, 15) is 8.42 Å². The summed E-state index contributed by atoms with van der Waals surface area (Å²) in [5.41, 5.74) is 0. The van der Waals surface area contributed by atoms with Gasteiger partial charge in [0.05, 0.1) is 5.75 Å². The predicted octanol–water partition coefficient (Wildman–Crippen LogP) is 0.540. The molecular weight excluding hydrogens is 164 g/mol. The fourth-order valence-electron chi connectivity index (χ4n) is 0.431. The van der Waals surface area contributed by atoms with Crippen LogP contribution in [0, 0.1) is 12.3 Å². The Kier molecular flexibility index (Phi) is 3.86. The van der Waals surface area contributed by atoms with Gasteiger partial charge in [-0.3, -0.25) is 4.18 Å². The van der Waals surface area contributed by atoms with Gasteiger partial charge in [0.2, 0.25) is 0 Å². The molecule has 0 aromatic carbocycles. The molecule has 1 unspecified atom stereocenters. The van der Waals surface area contributed by atoms with Crippen molar-refractivity contribution >= 4 is 10.1 Å². The first-order valence-corrected chi connectivity index (χ1v) is 4.57. The summed E-state index contributed by atoms with van der Waals surface area (Å²) in [6.07, 6.45) is 5.45. The molecule has 0 radical (unpaired) electrons. The fourth-order valence-corrected chi connectivity index (χ4v) is 1.29. The van der Waals surface area contributed by atoms with Crippen LogP contribution in [0.3, 0.4) is 0 Å². The molecule has 0 saturated heterocycles. The van der Waals surface area contributed by atoms with E-state index in [0.717, 1.165) is 0 Å². The van der Waals surface area contributed by atoms with Crippen LogP contribution < -0.4 is 0 Å². The van der Waals surface area contributed by atoms with Gasteiger partial charge in [-0.2, -0.15) is 8.42 Å². The first-order valence-electron chi connectivity index (χ1n) is 3.00. The molecule has 0 aliphatic carbocycles. The average molecular weight is 174 g/mol. The molecule has 0 aromatic rings. The third-order valence-corrected chi connectivity index (χ3v) is 2.07. The Morgan fingerprint density at radius 1 is 1.82 bits per heavy atom. The van der Waals surface area contributed by atoms with Crippen LogP contribution in [0.15, 0.2) is 12.7 Å². The largest absolute Gasteiger partial charge is 0.272 e. The highest BCUT2D eigenvalue weighted by Crippen LogP contribution is 1.98. The molecular formula is C7H10O3S. The Hall–Kier alpha value is -0.790. The van der Waals surface area contributed by atoms with Crippen LogP contribution in [-0.4, -0.2) is 20.3 Å². The molecule has 0 bridgehead atoms. The van der Waals surface area contributed by atoms with Crippen LogP contribution in [0.4, 0.5) is 0 Å². The van der Waals surface area contributed by atoms with Gasteiger partial charge in [0.1, 0.15) is 6.10 Å². The van der Waals surface area contributed by atoms with Crippen LogP contribution in [0.1, 0.15) is 6.92 Å². The van der Waals surface area contributed by atoms with Gasteiger partial charge >= 0.3 is 0 Å². The molecule has 0 fully saturated rings. The van der Waals surface area contributed by atoms with Gasteiger partial charge in [-0.25, -0.2) is 0 Å². The maximum Gasteiger partial charge on any atom is 0.272 e. The van der Waals surface area contributed by atoms with Crippen LogP contribution >= 0.6 is 0 Å². The molecule has 4 heteroatoms. The van der Waals surface area contributed by atoms with Gasteiger partial charge in [0.25, 0.3) is 10.1 Å². The summed E-state index contributed by atoms with van der Waals surface area (Å²) in [6, 6.07) is 0. The normalized spacial score (nSPS) is 13.5. The Balaban J connectivity index is 4.16. The molecule has 0 rings (SSSR count). The summed E-state index contributed by atoms with van der Waals surface area (Å²) in [5, 5.41) is 0. The Labute approximate surface area is 67.2 Å². The second kappa shape index (κ2) is 4.16. The van der Waals surface area contributed by atoms with E-state index in [1.54, 1.807) is 0 Å². The van der Waals surface area contributed by atoms with Gasteiger partial charge < -0.3 is 0 Å². The second-order valence-electron chi connectivity index (χ2n) is 1.92. The molecule has 1 atom stereocenters. The van der Waals surface area contributed by atoms with Crippen LogP contribution in [0.25, 0.3) is 0 Å². The van der Waals surface area contributed by atoms with Crippen molar-refractivity contribution in [1.82, 2.24) is 0 Å². The van der Waals surface area contributed by atoms with Crippen molar-refractivity contribution in [2.75, 3.05) is 5.75 Å². The summed E-state index contributed by atoms with van der Waals surface area (Å²) in [4.78, 5) is 0. The highest BCUT2D eigenvalue weighted by atomic mass is 32.2. The van der Waals surface area contributed by atoms with Crippen LogP contribution in [-0.2, 0) is 14.3 Å². The minimum atomic E-state index is -3.50. The van der Waals surface area contributed by atoms with E-state index in [-0.39, 0.29) is 5.75 Å². The molecule has 3 nitrogen and oxygen atoms in total.